The number of fused-ring (bicyclic) bond motifs is 8. The van der Waals surface area contributed by atoms with Gasteiger partial charge in [-0.1, -0.05) is 97.1 Å². The minimum Gasteiger partial charge on any atom is -0.317 e. The van der Waals surface area contributed by atoms with E-state index >= 15 is 0 Å². The van der Waals surface area contributed by atoms with Crippen LogP contribution in [0.2, 0.25) is 0 Å². The highest BCUT2D eigenvalue weighted by Crippen LogP contribution is 2.39. The average Bonchev–Trinajstić information content (AvgIpc) is 3.64. The number of rotatable bonds is 3. The number of benzene rings is 7. The molecule has 0 amide bonds. The third-order valence-electron chi connectivity index (χ3n) is 8.74. The molecule has 0 fully saturated rings. The maximum atomic E-state index is 2.41. The molecular formula is C40H26N2. The van der Waals surface area contributed by atoms with Gasteiger partial charge in [0, 0.05) is 33.7 Å². The van der Waals surface area contributed by atoms with Gasteiger partial charge in [0.05, 0.1) is 16.6 Å². The number of para-hydroxylation sites is 2. The van der Waals surface area contributed by atoms with E-state index in [0.717, 1.165) is 5.69 Å². The molecule has 0 atom stereocenters. The fraction of sp³-hybridized carbons (Fsp3) is 0. The van der Waals surface area contributed by atoms with Crippen LogP contribution in [0, 0.1) is 0 Å². The molecule has 0 saturated heterocycles. The van der Waals surface area contributed by atoms with Gasteiger partial charge in [0.2, 0.25) is 0 Å². The molecule has 42 heavy (non-hydrogen) atoms. The first kappa shape index (κ1) is 23.1. The van der Waals surface area contributed by atoms with Crippen molar-refractivity contribution in [3.8, 4) is 22.5 Å². The topological polar surface area (TPSA) is 9.86 Å². The molecule has 2 nitrogen and oxygen atoms in total. The number of nitrogens with zero attached hydrogens (tertiary/aromatic N) is 2. The summed E-state index contributed by atoms with van der Waals surface area (Å²) >= 11 is 0. The van der Waals surface area contributed by atoms with Crippen LogP contribution in [0.4, 0.5) is 0 Å². The first-order valence-electron chi connectivity index (χ1n) is 14.5. The average molecular weight is 535 g/mol. The fourth-order valence-corrected chi connectivity index (χ4v) is 6.86. The highest BCUT2D eigenvalue weighted by molar-refractivity contribution is 6.21. The Morgan fingerprint density at radius 3 is 1.86 bits per heavy atom. The number of hydrogen-bond acceptors (Lipinski definition) is 0. The van der Waals surface area contributed by atoms with Crippen LogP contribution in [-0.2, 0) is 0 Å². The van der Waals surface area contributed by atoms with Crippen LogP contribution in [0.1, 0.15) is 0 Å². The van der Waals surface area contributed by atoms with Crippen LogP contribution < -0.4 is 0 Å². The van der Waals surface area contributed by atoms with Crippen molar-refractivity contribution in [3.63, 3.8) is 0 Å². The lowest BCUT2D eigenvalue weighted by atomic mass is 9.93. The molecule has 0 aliphatic carbocycles. The first-order chi connectivity index (χ1) is 20.8. The van der Waals surface area contributed by atoms with E-state index in [2.05, 4.69) is 167 Å². The van der Waals surface area contributed by atoms with Crippen molar-refractivity contribution >= 4 is 54.3 Å². The van der Waals surface area contributed by atoms with Crippen LogP contribution in [0.25, 0.3) is 76.8 Å². The SMILES string of the molecule is c1ccc(-n2ccc3c4c5ccccc5n(-c5ccc(-c6cc7ccccc7c7ccccc67)cc5)c4ccc32)cc1. The van der Waals surface area contributed by atoms with Crippen molar-refractivity contribution in [1.29, 1.82) is 0 Å². The molecular weight excluding hydrogens is 508 g/mol. The lowest BCUT2D eigenvalue weighted by molar-refractivity contribution is 1.13. The quantitative estimate of drug-likeness (QED) is 0.200. The molecule has 0 aliphatic heterocycles. The molecule has 0 bridgehead atoms. The second kappa shape index (κ2) is 8.95. The summed E-state index contributed by atoms with van der Waals surface area (Å²) in [5, 5.41) is 8.98. The summed E-state index contributed by atoms with van der Waals surface area (Å²) in [7, 11) is 0. The van der Waals surface area contributed by atoms with Gasteiger partial charge in [0.1, 0.15) is 0 Å². The molecule has 2 aromatic heterocycles. The van der Waals surface area contributed by atoms with Crippen LogP contribution in [0.5, 0.6) is 0 Å². The lowest BCUT2D eigenvalue weighted by Crippen LogP contribution is -1.94. The van der Waals surface area contributed by atoms with E-state index in [9.17, 15) is 0 Å². The molecule has 0 N–H and O–H groups in total. The largest absolute Gasteiger partial charge is 0.317 e. The standard InChI is InChI=1S/C40H26N2/c1-2-11-29(12-3-1)41-25-24-35-37(41)22-23-39-40(35)34-16-8-9-17-38(34)42(39)30-20-18-27(19-21-30)36-26-28-10-4-5-13-31(28)32-14-6-7-15-33(32)36/h1-26H. The molecule has 9 aromatic rings. The van der Waals surface area contributed by atoms with Crippen molar-refractivity contribution in [1.82, 2.24) is 9.13 Å². The Labute approximate surface area is 243 Å². The van der Waals surface area contributed by atoms with Crippen molar-refractivity contribution < 1.29 is 0 Å². The van der Waals surface area contributed by atoms with Crippen LogP contribution >= 0.6 is 0 Å². The van der Waals surface area contributed by atoms with Gasteiger partial charge in [-0.25, -0.2) is 0 Å². The smallest absolute Gasteiger partial charge is 0.0548 e. The molecule has 9 rings (SSSR count). The summed E-state index contributed by atoms with van der Waals surface area (Å²) in [6.45, 7) is 0. The second-order valence-corrected chi connectivity index (χ2v) is 11.0. The maximum Gasteiger partial charge on any atom is 0.0548 e. The molecule has 0 saturated carbocycles. The highest BCUT2D eigenvalue weighted by atomic mass is 15.0. The Bertz CT molecular complexity index is 2440. The van der Waals surface area contributed by atoms with Crippen LogP contribution in [-0.4, -0.2) is 9.13 Å². The Morgan fingerprint density at radius 1 is 0.381 bits per heavy atom. The minimum atomic E-state index is 1.16. The van der Waals surface area contributed by atoms with Gasteiger partial charge in [-0.2, -0.15) is 0 Å². The molecule has 2 heteroatoms. The summed E-state index contributed by atoms with van der Waals surface area (Å²) < 4.78 is 4.69. The van der Waals surface area contributed by atoms with E-state index in [1.54, 1.807) is 0 Å². The van der Waals surface area contributed by atoms with E-state index in [1.165, 1.54) is 71.1 Å². The van der Waals surface area contributed by atoms with Gasteiger partial charge < -0.3 is 9.13 Å². The van der Waals surface area contributed by atoms with Gasteiger partial charge in [-0.05, 0) is 87.3 Å². The number of hydrogen-bond donors (Lipinski definition) is 0. The molecule has 0 unspecified atom stereocenters. The van der Waals surface area contributed by atoms with Gasteiger partial charge in [-0.15, -0.1) is 0 Å². The predicted octanol–water partition coefficient (Wildman–Crippen LogP) is 10.7. The maximum absolute atomic E-state index is 2.41. The molecule has 196 valence electrons. The molecule has 0 spiro atoms. The van der Waals surface area contributed by atoms with Gasteiger partial charge in [0.25, 0.3) is 0 Å². The summed E-state index contributed by atoms with van der Waals surface area (Å²) in [5.41, 5.74) is 8.49. The second-order valence-electron chi connectivity index (χ2n) is 11.0. The zero-order valence-electron chi connectivity index (χ0n) is 22.9. The lowest BCUT2D eigenvalue weighted by Gasteiger charge is -2.13. The predicted molar refractivity (Wildman–Crippen MR) is 178 cm³/mol. The van der Waals surface area contributed by atoms with Gasteiger partial charge >= 0.3 is 0 Å². The normalized spacial score (nSPS) is 11.8. The zero-order valence-corrected chi connectivity index (χ0v) is 22.9. The third kappa shape index (κ3) is 3.33. The Balaban J connectivity index is 1.24. The summed E-state index contributed by atoms with van der Waals surface area (Å²) in [6.07, 6.45) is 2.19. The van der Waals surface area contributed by atoms with Gasteiger partial charge in [0.15, 0.2) is 0 Å². The van der Waals surface area contributed by atoms with E-state index in [4.69, 9.17) is 0 Å². The Hall–Kier alpha value is -5.60. The van der Waals surface area contributed by atoms with Crippen LogP contribution in [0.3, 0.4) is 0 Å². The first-order valence-corrected chi connectivity index (χ1v) is 14.5. The molecule has 0 aliphatic rings. The highest BCUT2D eigenvalue weighted by Gasteiger charge is 2.17. The van der Waals surface area contributed by atoms with Crippen molar-refractivity contribution in [2.75, 3.05) is 0 Å². The summed E-state index contributed by atoms with van der Waals surface area (Å²) in [4.78, 5) is 0. The summed E-state index contributed by atoms with van der Waals surface area (Å²) in [5.74, 6) is 0. The number of aromatic nitrogens is 2. The van der Waals surface area contributed by atoms with Crippen LogP contribution in [0.15, 0.2) is 158 Å². The molecule has 0 radical (unpaired) electrons. The van der Waals surface area contributed by atoms with Gasteiger partial charge in [-0.3, -0.25) is 0 Å². The minimum absolute atomic E-state index is 1.16. The molecule has 2 heterocycles. The van der Waals surface area contributed by atoms with Crippen molar-refractivity contribution in [2.24, 2.45) is 0 Å². The van der Waals surface area contributed by atoms with E-state index in [-0.39, 0.29) is 0 Å². The van der Waals surface area contributed by atoms with Crippen molar-refractivity contribution in [3.05, 3.63) is 158 Å². The third-order valence-corrected chi connectivity index (χ3v) is 8.74. The summed E-state index contributed by atoms with van der Waals surface area (Å²) in [6, 6.07) is 55.0. The Morgan fingerprint density at radius 2 is 1.02 bits per heavy atom. The molecule has 7 aromatic carbocycles. The van der Waals surface area contributed by atoms with E-state index in [1.807, 2.05) is 0 Å². The zero-order chi connectivity index (χ0) is 27.6. The van der Waals surface area contributed by atoms with E-state index < -0.39 is 0 Å². The van der Waals surface area contributed by atoms with Crippen molar-refractivity contribution in [2.45, 2.75) is 0 Å². The monoisotopic (exact) mass is 534 g/mol. The van der Waals surface area contributed by atoms with E-state index in [0.29, 0.717) is 0 Å². The fourth-order valence-electron chi connectivity index (χ4n) is 6.86. The Kier molecular flexibility index (Phi) is 4.93.